The van der Waals surface area contributed by atoms with Crippen molar-refractivity contribution in [3.63, 3.8) is 0 Å². The lowest BCUT2D eigenvalue weighted by Crippen LogP contribution is -2.33. The van der Waals surface area contributed by atoms with Gasteiger partial charge in [0.05, 0.1) is 6.61 Å². The SMILES string of the molecule is O=C(NCc1ccccc1)OCC(O)C1C=CCO1. The molecule has 2 atom stereocenters. The summed E-state index contributed by atoms with van der Waals surface area (Å²) in [5, 5.41) is 12.3. The summed E-state index contributed by atoms with van der Waals surface area (Å²) in [4.78, 5) is 11.4. The van der Waals surface area contributed by atoms with Gasteiger partial charge in [-0.15, -0.1) is 0 Å². The van der Waals surface area contributed by atoms with Crippen molar-refractivity contribution in [3.05, 3.63) is 48.0 Å². The van der Waals surface area contributed by atoms with Crippen LogP contribution in [0.25, 0.3) is 0 Å². The van der Waals surface area contributed by atoms with Crippen molar-refractivity contribution < 1.29 is 19.4 Å². The number of hydrogen-bond acceptors (Lipinski definition) is 4. The van der Waals surface area contributed by atoms with Crippen LogP contribution in [0.15, 0.2) is 42.5 Å². The molecule has 2 rings (SSSR count). The smallest absolute Gasteiger partial charge is 0.407 e. The molecule has 0 fully saturated rings. The monoisotopic (exact) mass is 263 g/mol. The van der Waals surface area contributed by atoms with Crippen LogP contribution < -0.4 is 5.32 Å². The molecule has 0 saturated heterocycles. The van der Waals surface area contributed by atoms with Crippen molar-refractivity contribution in [1.29, 1.82) is 0 Å². The molecule has 1 aromatic rings. The third-order valence-corrected chi connectivity index (χ3v) is 2.75. The number of hydrogen-bond donors (Lipinski definition) is 2. The average Bonchev–Trinajstić information content (AvgIpc) is 2.98. The lowest BCUT2D eigenvalue weighted by atomic mass is 10.2. The molecule has 1 aliphatic rings. The van der Waals surface area contributed by atoms with Crippen LogP contribution in [0.4, 0.5) is 4.79 Å². The molecule has 2 N–H and O–H groups in total. The number of ether oxygens (including phenoxy) is 2. The Morgan fingerprint density at radius 1 is 1.47 bits per heavy atom. The van der Waals surface area contributed by atoms with Crippen LogP contribution in [0, 0.1) is 0 Å². The van der Waals surface area contributed by atoms with Crippen LogP contribution in [0.5, 0.6) is 0 Å². The maximum absolute atomic E-state index is 11.4. The number of carbonyl (C=O) groups is 1. The van der Waals surface area contributed by atoms with Gasteiger partial charge in [0.15, 0.2) is 0 Å². The van der Waals surface area contributed by atoms with E-state index in [1.807, 2.05) is 36.4 Å². The quantitative estimate of drug-likeness (QED) is 0.784. The molecule has 5 heteroatoms. The Bertz CT molecular complexity index is 432. The van der Waals surface area contributed by atoms with Gasteiger partial charge in [-0.25, -0.2) is 4.79 Å². The molecule has 0 radical (unpaired) electrons. The molecule has 1 aliphatic heterocycles. The van der Waals surface area contributed by atoms with Crippen molar-refractivity contribution >= 4 is 6.09 Å². The summed E-state index contributed by atoms with van der Waals surface area (Å²) in [6, 6.07) is 9.53. The summed E-state index contributed by atoms with van der Waals surface area (Å²) >= 11 is 0. The Balaban J connectivity index is 1.65. The van der Waals surface area contributed by atoms with Crippen LogP contribution in [0.3, 0.4) is 0 Å². The van der Waals surface area contributed by atoms with E-state index in [1.165, 1.54) is 0 Å². The molecule has 0 bridgehead atoms. The van der Waals surface area contributed by atoms with Crippen molar-refractivity contribution in [2.45, 2.75) is 18.8 Å². The summed E-state index contributed by atoms with van der Waals surface area (Å²) in [6.45, 7) is 0.799. The first-order valence-corrected chi connectivity index (χ1v) is 6.16. The summed E-state index contributed by atoms with van der Waals surface area (Å²) in [7, 11) is 0. The number of aliphatic hydroxyl groups is 1. The zero-order valence-corrected chi connectivity index (χ0v) is 10.5. The number of aliphatic hydroxyl groups excluding tert-OH is 1. The summed E-state index contributed by atoms with van der Waals surface area (Å²) in [6.07, 6.45) is 1.81. The van der Waals surface area contributed by atoms with Crippen LogP contribution in [-0.2, 0) is 16.0 Å². The molecule has 0 aromatic heterocycles. The Kier molecular flexibility index (Phi) is 4.94. The van der Waals surface area contributed by atoms with E-state index in [0.717, 1.165) is 5.56 Å². The van der Waals surface area contributed by atoms with E-state index in [4.69, 9.17) is 9.47 Å². The van der Waals surface area contributed by atoms with Crippen molar-refractivity contribution in [2.24, 2.45) is 0 Å². The highest BCUT2D eigenvalue weighted by Crippen LogP contribution is 2.08. The second-order valence-corrected chi connectivity index (χ2v) is 4.23. The predicted molar refractivity (Wildman–Crippen MR) is 69.5 cm³/mol. The van der Waals surface area contributed by atoms with Crippen molar-refractivity contribution in [2.75, 3.05) is 13.2 Å². The van der Waals surface area contributed by atoms with Gasteiger partial charge in [0.1, 0.15) is 18.8 Å². The Morgan fingerprint density at radius 3 is 2.95 bits per heavy atom. The first-order valence-electron chi connectivity index (χ1n) is 6.16. The van der Waals surface area contributed by atoms with Gasteiger partial charge in [-0.05, 0) is 5.56 Å². The van der Waals surface area contributed by atoms with E-state index in [1.54, 1.807) is 6.08 Å². The molecule has 0 saturated carbocycles. The molecule has 19 heavy (non-hydrogen) atoms. The summed E-state index contributed by atoms with van der Waals surface area (Å²) in [5.41, 5.74) is 0.988. The second-order valence-electron chi connectivity index (χ2n) is 4.23. The summed E-state index contributed by atoms with van der Waals surface area (Å²) in [5.74, 6) is 0. The van der Waals surface area contributed by atoms with E-state index >= 15 is 0 Å². The highest BCUT2D eigenvalue weighted by Gasteiger charge is 2.21. The lowest BCUT2D eigenvalue weighted by Gasteiger charge is -2.16. The molecule has 1 amide bonds. The number of alkyl carbamates (subject to hydrolysis) is 1. The number of nitrogens with one attached hydrogen (secondary N) is 1. The largest absolute Gasteiger partial charge is 0.447 e. The first kappa shape index (κ1) is 13.6. The number of rotatable bonds is 5. The fourth-order valence-corrected chi connectivity index (χ4v) is 1.73. The topological polar surface area (TPSA) is 67.8 Å². The molecular weight excluding hydrogens is 246 g/mol. The fourth-order valence-electron chi connectivity index (χ4n) is 1.73. The van der Waals surface area contributed by atoms with E-state index in [2.05, 4.69) is 5.32 Å². The Hall–Kier alpha value is -1.85. The van der Waals surface area contributed by atoms with Crippen molar-refractivity contribution in [3.8, 4) is 0 Å². The highest BCUT2D eigenvalue weighted by molar-refractivity contribution is 5.67. The molecule has 2 unspecified atom stereocenters. The van der Waals surface area contributed by atoms with Crippen LogP contribution in [0.1, 0.15) is 5.56 Å². The number of amides is 1. The molecule has 0 spiro atoms. The standard InChI is InChI=1S/C14H17NO4/c16-12(13-7-4-8-18-13)10-19-14(17)15-9-11-5-2-1-3-6-11/h1-7,12-13,16H,8-10H2,(H,15,17). The van der Waals surface area contributed by atoms with Gasteiger partial charge in [0.2, 0.25) is 0 Å². The van der Waals surface area contributed by atoms with Crippen LogP contribution in [-0.4, -0.2) is 36.6 Å². The molecule has 102 valence electrons. The third kappa shape index (κ3) is 4.39. The van der Waals surface area contributed by atoms with Crippen molar-refractivity contribution in [1.82, 2.24) is 5.32 Å². The molecule has 5 nitrogen and oxygen atoms in total. The van der Waals surface area contributed by atoms with Gasteiger partial charge in [-0.1, -0.05) is 42.5 Å². The van der Waals surface area contributed by atoms with E-state index < -0.39 is 12.2 Å². The van der Waals surface area contributed by atoms with Gasteiger partial charge in [-0.3, -0.25) is 0 Å². The van der Waals surface area contributed by atoms with E-state index in [0.29, 0.717) is 13.2 Å². The number of benzene rings is 1. The Labute approximate surface area is 111 Å². The highest BCUT2D eigenvalue weighted by atomic mass is 16.6. The molecular formula is C14H17NO4. The summed E-state index contributed by atoms with van der Waals surface area (Å²) < 4.78 is 10.1. The zero-order chi connectivity index (χ0) is 13.5. The maximum atomic E-state index is 11.4. The third-order valence-electron chi connectivity index (χ3n) is 2.75. The van der Waals surface area contributed by atoms with Gasteiger partial charge in [0, 0.05) is 6.54 Å². The van der Waals surface area contributed by atoms with Gasteiger partial charge in [-0.2, -0.15) is 0 Å². The lowest BCUT2D eigenvalue weighted by molar-refractivity contribution is -0.0202. The maximum Gasteiger partial charge on any atom is 0.407 e. The predicted octanol–water partition coefficient (Wildman–Crippen LogP) is 1.23. The molecule has 1 aromatic carbocycles. The average molecular weight is 263 g/mol. The minimum Gasteiger partial charge on any atom is -0.447 e. The van der Waals surface area contributed by atoms with Gasteiger partial charge >= 0.3 is 6.09 Å². The second kappa shape index (κ2) is 6.92. The van der Waals surface area contributed by atoms with E-state index in [-0.39, 0.29) is 12.7 Å². The van der Waals surface area contributed by atoms with E-state index in [9.17, 15) is 9.90 Å². The first-order chi connectivity index (χ1) is 9.25. The van der Waals surface area contributed by atoms with Gasteiger partial charge < -0.3 is 19.9 Å². The Morgan fingerprint density at radius 2 is 2.26 bits per heavy atom. The number of carbonyl (C=O) groups excluding carboxylic acids is 1. The molecule has 1 heterocycles. The minimum atomic E-state index is -0.832. The van der Waals surface area contributed by atoms with Crippen LogP contribution in [0.2, 0.25) is 0 Å². The molecule has 0 aliphatic carbocycles. The fraction of sp³-hybridized carbons (Fsp3) is 0.357. The normalized spacial score (nSPS) is 19.1. The zero-order valence-electron chi connectivity index (χ0n) is 10.5. The van der Waals surface area contributed by atoms with Gasteiger partial charge in [0.25, 0.3) is 0 Å². The minimum absolute atomic E-state index is 0.0877. The van der Waals surface area contributed by atoms with Crippen LogP contribution >= 0.6 is 0 Å².